The van der Waals surface area contributed by atoms with Crippen LogP contribution in [0.4, 0.5) is 5.69 Å². The molecule has 0 fully saturated rings. The standard InChI is InChI=1S/C10H12Br2N2OS/c1-15-6-5-13-10(16)14-9-7(11)3-2-4-8(9)12/h2-4H,5-6H2,1H3,(H2,13,14,16). The third kappa shape index (κ3) is 4.37. The fourth-order valence-electron chi connectivity index (χ4n) is 1.04. The minimum Gasteiger partial charge on any atom is -0.383 e. The maximum absolute atomic E-state index is 5.15. The van der Waals surface area contributed by atoms with E-state index in [2.05, 4.69) is 42.5 Å². The molecular formula is C10H12Br2N2OS. The quantitative estimate of drug-likeness (QED) is 0.632. The monoisotopic (exact) mass is 366 g/mol. The molecule has 0 heterocycles. The van der Waals surface area contributed by atoms with Gasteiger partial charge in [-0.3, -0.25) is 0 Å². The van der Waals surface area contributed by atoms with Crippen LogP contribution in [0, 0.1) is 0 Å². The molecule has 3 nitrogen and oxygen atoms in total. The first-order valence-corrected chi connectivity index (χ1v) is 6.62. The zero-order valence-electron chi connectivity index (χ0n) is 8.72. The second-order valence-electron chi connectivity index (χ2n) is 2.97. The first kappa shape index (κ1) is 13.9. The average molecular weight is 368 g/mol. The number of thiocarbonyl (C=S) groups is 1. The number of para-hydroxylation sites is 1. The number of anilines is 1. The van der Waals surface area contributed by atoms with Crippen molar-refractivity contribution >= 4 is 54.9 Å². The molecular weight excluding hydrogens is 356 g/mol. The second kappa shape index (κ2) is 7.21. The number of rotatable bonds is 4. The molecule has 16 heavy (non-hydrogen) atoms. The van der Waals surface area contributed by atoms with Gasteiger partial charge in [-0.05, 0) is 56.2 Å². The molecule has 88 valence electrons. The molecule has 0 aromatic heterocycles. The van der Waals surface area contributed by atoms with E-state index in [0.717, 1.165) is 14.6 Å². The Morgan fingerprint density at radius 3 is 2.56 bits per heavy atom. The van der Waals surface area contributed by atoms with Crippen molar-refractivity contribution in [3.63, 3.8) is 0 Å². The Morgan fingerprint density at radius 2 is 2.00 bits per heavy atom. The summed E-state index contributed by atoms with van der Waals surface area (Å²) in [6, 6.07) is 5.84. The topological polar surface area (TPSA) is 33.3 Å². The Balaban J connectivity index is 2.56. The Kier molecular flexibility index (Phi) is 6.26. The molecule has 0 aliphatic carbocycles. The molecule has 0 bridgehead atoms. The Hall–Kier alpha value is -0.170. The smallest absolute Gasteiger partial charge is 0.170 e. The van der Waals surface area contributed by atoms with E-state index in [1.165, 1.54) is 0 Å². The van der Waals surface area contributed by atoms with Crippen LogP contribution in [0.2, 0.25) is 0 Å². The summed E-state index contributed by atoms with van der Waals surface area (Å²) in [6.45, 7) is 1.31. The molecule has 0 saturated carbocycles. The fourth-order valence-corrected chi connectivity index (χ4v) is 2.44. The van der Waals surface area contributed by atoms with E-state index in [-0.39, 0.29) is 0 Å². The van der Waals surface area contributed by atoms with Gasteiger partial charge < -0.3 is 15.4 Å². The predicted molar refractivity (Wildman–Crippen MR) is 77.9 cm³/mol. The molecule has 0 unspecified atom stereocenters. The predicted octanol–water partition coefficient (Wildman–Crippen LogP) is 3.14. The average Bonchev–Trinajstić information content (AvgIpc) is 2.24. The summed E-state index contributed by atoms with van der Waals surface area (Å²) in [5.74, 6) is 0. The lowest BCUT2D eigenvalue weighted by Crippen LogP contribution is -2.31. The Morgan fingerprint density at radius 1 is 1.38 bits per heavy atom. The Labute approximate surface area is 117 Å². The molecule has 1 rings (SSSR count). The van der Waals surface area contributed by atoms with Gasteiger partial charge in [0.15, 0.2) is 5.11 Å². The number of hydrogen-bond donors (Lipinski definition) is 2. The highest BCUT2D eigenvalue weighted by molar-refractivity contribution is 9.11. The molecule has 0 aliphatic rings. The van der Waals surface area contributed by atoms with Crippen molar-refractivity contribution < 1.29 is 4.74 Å². The maximum atomic E-state index is 5.15. The minimum absolute atomic E-state index is 0.574. The zero-order chi connectivity index (χ0) is 12.0. The lowest BCUT2D eigenvalue weighted by Gasteiger charge is -2.12. The van der Waals surface area contributed by atoms with Gasteiger partial charge in [-0.25, -0.2) is 0 Å². The van der Waals surface area contributed by atoms with Gasteiger partial charge in [0.25, 0.3) is 0 Å². The highest BCUT2D eigenvalue weighted by atomic mass is 79.9. The van der Waals surface area contributed by atoms with Crippen LogP contribution in [0.25, 0.3) is 0 Å². The number of methoxy groups -OCH3 is 1. The summed E-state index contributed by atoms with van der Waals surface area (Å²) in [7, 11) is 1.66. The molecule has 0 atom stereocenters. The summed E-state index contributed by atoms with van der Waals surface area (Å²) in [5.41, 5.74) is 0.914. The lowest BCUT2D eigenvalue weighted by atomic mass is 10.3. The summed E-state index contributed by atoms with van der Waals surface area (Å²) >= 11 is 12.1. The molecule has 2 N–H and O–H groups in total. The van der Waals surface area contributed by atoms with Gasteiger partial charge in [0.1, 0.15) is 0 Å². The number of ether oxygens (including phenoxy) is 1. The van der Waals surface area contributed by atoms with Gasteiger partial charge in [-0.1, -0.05) is 6.07 Å². The Bertz CT molecular complexity index is 354. The van der Waals surface area contributed by atoms with Gasteiger partial charge in [0, 0.05) is 22.6 Å². The van der Waals surface area contributed by atoms with Crippen molar-refractivity contribution in [2.24, 2.45) is 0 Å². The van der Waals surface area contributed by atoms with Crippen LogP contribution in [0.3, 0.4) is 0 Å². The lowest BCUT2D eigenvalue weighted by molar-refractivity contribution is 0.204. The van der Waals surface area contributed by atoms with E-state index in [1.807, 2.05) is 18.2 Å². The van der Waals surface area contributed by atoms with Gasteiger partial charge in [0.2, 0.25) is 0 Å². The van der Waals surface area contributed by atoms with Crippen LogP contribution >= 0.6 is 44.1 Å². The summed E-state index contributed by atoms with van der Waals surface area (Å²) in [6.07, 6.45) is 0. The van der Waals surface area contributed by atoms with Crippen LogP contribution in [-0.2, 0) is 4.74 Å². The SMILES string of the molecule is COCCNC(=S)Nc1c(Br)cccc1Br. The van der Waals surface area contributed by atoms with Crippen molar-refractivity contribution in [2.75, 3.05) is 25.6 Å². The van der Waals surface area contributed by atoms with E-state index in [9.17, 15) is 0 Å². The molecule has 0 spiro atoms. The minimum atomic E-state index is 0.574. The summed E-state index contributed by atoms with van der Waals surface area (Å²) in [5, 5.41) is 6.72. The van der Waals surface area contributed by atoms with Gasteiger partial charge in [-0.15, -0.1) is 0 Å². The normalized spacial score (nSPS) is 9.94. The summed E-state index contributed by atoms with van der Waals surface area (Å²) < 4.78 is 6.83. The van der Waals surface area contributed by atoms with Crippen LogP contribution in [-0.4, -0.2) is 25.4 Å². The number of halogens is 2. The van der Waals surface area contributed by atoms with Crippen LogP contribution < -0.4 is 10.6 Å². The van der Waals surface area contributed by atoms with Crippen molar-refractivity contribution in [3.8, 4) is 0 Å². The largest absolute Gasteiger partial charge is 0.383 e. The first-order valence-electron chi connectivity index (χ1n) is 4.63. The molecule has 0 amide bonds. The zero-order valence-corrected chi connectivity index (χ0v) is 12.7. The molecule has 1 aromatic rings. The van der Waals surface area contributed by atoms with Gasteiger partial charge in [0.05, 0.1) is 12.3 Å². The third-order valence-electron chi connectivity index (χ3n) is 1.79. The molecule has 1 aromatic carbocycles. The maximum Gasteiger partial charge on any atom is 0.170 e. The van der Waals surface area contributed by atoms with Crippen LogP contribution in [0.15, 0.2) is 27.1 Å². The number of hydrogen-bond acceptors (Lipinski definition) is 2. The molecule has 0 aliphatic heterocycles. The van der Waals surface area contributed by atoms with Crippen molar-refractivity contribution in [2.45, 2.75) is 0 Å². The van der Waals surface area contributed by atoms with E-state index in [4.69, 9.17) is 17.0 Å². The summed E-state index contributed by atoms with van der Waals surface area (Å²) in [4.78, 5) is 0. The van der Waals surface area contributed by atoms with Crippen LogP contribution in [0.1, 0.15) is 0 Å². The number of nitrogens with one attached hydrogen (secondary N) is 2. The van der Waals surface area contributed by atoms with E-state index in [0.29, 0.717) is 18.3 Å². The van der Waals surface area contributed by atoms with Gasteiger partial charge >= 0.3 is 0 Å². The van der Waals surface area contributed by atoms with Crippen LogP contribution in [0.5, 0.6) is 0 Å². The van der Waals surface area contributed by atoms with E-state index in [1.54, 1.807) is 7.11 Å². The third-order valence-corrected chi connectivity index (χ3v) is 3.36. The highest BCUT2D eigenvalue weighted by Gasteiger charge is 2.05. The van der Waals surface area contributed by atoms with Crippen molar-refractivity contribution in [1.82, 2.24) is 5.32 Å². The molecule has 6 heteroatoms. The molecule has 0 radical (unpaired) electrons. The number of benzene rings is 1. The van der Waals surface area contributed by atoms with Crippen molar-refractivity contribution in [1.29, 1.82) is 0 Å². The fraction of sp³-hybridized carbons (Fsp3) is 0.300. The van der Waals surface area contributed by atoms with E-state index >= 15 is 0 Å². The van der Waals surface area contributed by atoms with Gasteiger partial charge in [-0.2, -0.15) is 0 Å². The first-order chi connectivity index (χ1) is 7.65. The molecule has 0 saturated heterocycles. The highest BCUT2D eigenvalue weighted by Crippen LogP contribution is 2.30. The van der Waals surface area contributed by atoms with Crippen molar-refractivity contribution in [3.05, 3.63) is 27.1 Å². The van der Waals surface area contributed by atoms with E-state index < -0.39 is 0 Å². The second-order valence-corrected chi connectivity index (χ2v) is 5.09.